The Morgan fingerprint density at radius 2 is 2.08 bits per heavy atom. The number of hydrogen-bond acceptors (Lipinski definition) is 3. The molecule has 1 fully saturated rings. The summed E-state index contributed by atoms with van der Waals surface area (Å²) in [6.07, 6.45) is 1.87. The Hall–Kier alpha value is -0.610. The molecular weight excluding hydrogens is 158 g/mol. The van der Waals surface area contributed by atoms with E-state index >= 15 is 0 Å². The Labute approximate surface area is 72.3 Å². The van der Waals surface area contributed by atoms with Crippen LogP contribution in [0.15, 0.2) is 0 Å². The van der Waals surface area contributed by atoms with Gasteiger partial charge in [-0.15, -0.1) is 0 Å². The molecule has 0 amide bonds. The molecule has 4 nitrogen and oxygen atoms in total. The van der Waals surface area contributed by atoms with Gasteiger partial charge in [0.25, 0.3) is 0 Å². The molecule has 0 N–H and O–H groups in total. The molecule has 1 saturated heterocycles. The molecule has 0 aromatic rings. The molecule has 1 heterocycles. The minimum Gasteiger partial charge on any atom is -0.632 e. The van der Waals surface area contributed by atoms with Crippen molar-refractivity contribution in [3.05, 3.63) is 5.21 Å². The van der Waals surface area contributed by atoms with E-state index < -0.39 is 0 Å². The van der Waals surface area contributed by atoms with Crippen LogP contribution in [0, 0.1) is 5.21 Å². The molecule has 1 rings (SSSR count). The average molecular weight is 173 g/mol. The first-order valence-corrected chi connectivity index (χ1v) is 4.39. The lowest BCUT2D eigenvalue weighted by molar-refractivity contribution is -0.860. The van der Waals surface area contributed by atoms with Crippen molar-refractivity contribution in [2.24, 2.45) is 0 Å². The van der Waals surface area contributed by atoms with Crippen molar-refractivity contribution in [1.29, 1.82) is 0 Å². The third-order valence-electron chi connectivity index (χ3n) is 2.10. The number of ether oxygens (including phenoxy) is 1. The molecule has 70 valence electrons. The summed E-state index contributed by atoms with van der Waals surface area (Å²) in [4.78, 5) is 11.0. The molecule has 0 aliphatic carbocycles. The third kappa shape index (κ3) is 2.46. The molecule has 1 aliphatic rings. The maximum atomic E-state index is 11.6. The molecule has 0 unspecified atom stereocenters. The number of hydrogen-bond donors (Lipinski definition) is 0. The van der Waals surface area contributed by atoms with Crippen LogP contribution in [0.3, 0.4) is 0 Å². The predicted octanol–water partition coefficient (Wildman–Crippen LogP) is 0.658. The number of carbonyl (C=O) groups excluding carboxylic acids is 1. The molecule has 1 aliphatic heterocycles. The lowest BCUT2D eigenvalue weighted by atomic mass is 10.4. The summed E-state index contributed by atoms with van der Waals surface area (Å²) in [6.45, 7) is 3.24. The molecule has 0 bridgehead atoms. The Balaban J connectivity index is 2.33. The second kappa shape index (κ2) is 3.87. The molecule has 0 aromatic heterocycles. The van der Waals surface area contributed by atoms with Crippen LogP contribution in [-0.2, 0) is 9.53 Å². The molecule has 0 saturated carbocycles. The van der Waals surface area contributed by atoms with E-state index in [1.165, 1.54) is 0 Å². The van der Waals surface area contributed by atoms with Crippen LogP contribution in [0.4, 0.5) is 0 Å². The fourth-order valence-electron chi connectivity index (χ4n) is 1.51. The standard InChI is InChI=1S/C8H15NO3/c1-2-12-8(10)7-9(11)5-3-4-6-9/h2-7H2,1H3. The Morgan fingerprint density at radius 1 is 1.50 bits per heavy atom. The maximum absolute atomic E-state index is 11.6. The van der Waals surface area contributed by atoms with Crippen LogP contribution in [0.1, 0.15) is 19.8 Å². The second-order valence-electron chi connectivity index (χ2n) is 3.18. The van der Waals surface area contributed by atoms with Crippen molar-refractivity contribution >= 4 is 5.97 Å². The predicted molar refractivity (Wildman–Crippen MR) is 44.1 cm³/mol. The van der Waals surface area contributed by atoms with Gasteiger partial charge in [-0.3, -0.25) is 0 Å². The smallest absolute Gasteiger partial charge is 0.362 e. The van der Waals surface area contributed by atoms with Gasteiger partial charge >= 0.3 is 5.97 Å². The lowest BCUT2D eigenvalue weighted by Gasteiger charge is -2.36. The third-order valence-corrected chi connectivity index (χ3v) is 2.10. The highest BCUT2D eigenvalue weighted by Crippen LogP contribution is 2.16. The van der Waals surface area contributed by atoms with Crippen molar-refractivity contribution in [2.75, 3.05) is 26.2 Å². The first kappa shape index (κ1) is 9.48. The number of esters is 1. The van der Waals surface area contributed by atoms with Gasteiger partial charge in [0, 0.05) is 12.8 Å². The SMILES string of the molecule is CCOC(=O)C[N+]1([O-])CCCC1. The minimum absolute atomic E-state index is 0.00611. The zero-order valence-corrected chi connectivity index (χ0v) is 7.41. The van der Waals surface area contributed by atoms with Crippen molar-refractivity contribution in [3.63, 3.8) is 0 Å². The zero-order chi connectivity index (χ0) is 9.03. The highest BCUT2D eigenvalue weighted by Gasteiger charge is 2.26. The molecule has 0 radical (unpaired) electrons. The molecule has 0 aromatic carbocycles. The van der Waals surface area contributed by atoms with E-state index in [0.717, 1.165) is 12.8 Å². The number of hydroxylamine groups is 3. The number of rotatable bonds is 3. The first-order chi connectivity index (χ1) is 5.66. The van der Waals surface area contributed by atoms with Crippen molar-refractivity contribution in [2.45, 2.75) is 19.8 Å². The first-order valence-electron chi connectivity index (χ1n) is 4.39. The minimum atomic E-state index is -0.376. The van der Waals surface area contributed by atoms with E-state index in [-0.39, 0.29) is 17.2 Å². The summed E-state index contributed by atoms with van der Waals surface area (Å²) in [5, 5.41) is 11.6. The average Bonchev–Trinajstić information content (AvgIpc) is 2.36. The van der Waals surface area contributed by atoms with Gasteiger partial charge in [-0.25, -0.2) is 4.79 Å². The summed E-state index contributed by atoms with van der Waals surface area (Å²) in [6, 6.07) is 0. The van der Waals surface area contributed by atoms with Gasteiger partial charge in [0.05, 0.1) is 19.7 Å². The summed E-state index contributed by atoms with van der Waals surface area (Å²) >= 11 is 0. The van der Waals surface area contributed by atoms with Crippen LogP contribution in [-0.4, -0.2) is 36.9 Å². The van der Waals surface area contributed by atoms with E-state index in [4.69, 9.17) is 4.74 Å². The Morgan fingerprint density at radius 3 is 2.58 bits per heavy atom. The van der Waals surface area contributed by atoms with Gasteiger partial charge in [-0.2, -0.15) is 0 Å². The van der Waals surface area contributed by atoms with E-state index in [0.29, 0.717) is 19.7 Å². The fraction of sp³-hybridized carbons (Fsp3) is 0.875. The number of likely N-dealkylation sites (tertiary alicyclic amines) is 1. The van der Waals surface area contributed by atoms with Crippen LogP contribution in [0.2, 0.25) is 0 Å². The quantitative estimate of drug-likeness (QED) is 0.358. The van der Waals surface area contributed by atoms with E-state index in [2.05, 4.69) is 0 Å². The van der Waals surface area contributed by atoms with Crippen molar-refractivity contribution in [1.82, 2.24) is 0 Å². The largest absolute Gasteiger partial charge is 0.632 e. The number of carbonyl (C=O) groups is 1. The van der Waals surface area contributed by atoms with Gasteiger partial charge in [0.2, 0.25) is 0 Å². The molecule has 0 atom stereocenters. The van der Waals surface area contributed by atoms with Crippen LogP contribution >= 0.6 is 0 Å². The molecule has 12 heavy (non-hydrogen) atoms. The monoisotopic (exact) mass is 173 g/mol. The summed E-state index contributed by atoms with van der Waals surface area (Å²) < 4.78 is 4.34. The number of quaternary nitrogens is 1. The van der Waals surface area contributed by atoms with Gasteiger partial charge in [-0.1, -0.05) is 0 Å². The maximum Gasteiger partial charge on any atom is 0.362 e. The van der Waals surface area contributed by atoms with Crippen molar-refractivity contribution in [3.8, 4) is 0 Å². The molecule has 4 heteroatoms. The van der Waals surface area contributed by atoms with E-state index in [1.807, 2.05) is 0 Å². The van der Waals surface area contributed by atoms with Gasteiger partial charge in [-0.05, 0) is 6.92 Å². The molecule has 0 spiro atoms. The molecular formula is C8H15NO3. The summed E-state index contributed by atoms with van der Waals surface area (Å²) in [7, 11) is 0. The normalized spacial score (nSPS) is 20.8. The highest BCUT2D eigenvalue weighted by molar-refractivity contribution is 5.70. The van der Waals surface area contributed by atoms with Crippen LogP contribution < -0.4 is 0 Å². The van der Waals surface area contributed by atoms with Crippen LogP contribution in [0.5, 0.6) is 0 Å². The second-order valence-corrected chi connectivity index (χ2v) is 3.18. The van der Waals surface area contributed by atoms with Gasteiger partial charge in [0.15, 0.2) is 6.54 Å². The van der Waals surface area contributed by atoms with Gasteiger partial charge < -0.3 is 14.6 Å². The zero-order valence-electron chi connectivity index (χ0n) is 7.41. The summed E-state index contributed by atoms with van der Waals surface area (Å²) in [5.74, 6) is -0.366. The van der Waals surface area contributed by atoms with Crippen molar-refractivity contribution < 1.29 is 14.2 Å². The Kier molecular flexibility index (Phi) is 3.05. The van der Waals surface area contributed by atoms with Gasteiger partial charge in [0.1, 0.15) is 0 Å². The van der Waals surface area contributed by atoms with Crippen LogP contribution in [0.25, 0.3) is 0 Å². The lowest BCUT2D eigenvalue weighted by Crippen LogP contribution is -2.43. The Bertz CT molecular complexity index is 164. The highest BCUT2D eigenvalue weighted by atomic mass is 16.6. The summed E-state index contributed by atoms with van der Waals surface area (Å²) in [5.41, 5.74) is 0. The van der Waals surface area contributed by atoms with E-state index in [9.17, 15) is 10.0 Å². The fourth-order valence-corrected chi connectivity index (χ4v) is 1.51. The van der Waals surface area contributed by atoms with E-state index in [1.54, 1.807) is 6.92 Å². The topological polar surface area (TPSA) is 49.4 Å². The number of nitrogens with zero attached hydrogens (tertiary/aromatic N) is 1.